The zero-order valence-electron chi connectivity index (χ0n) is 12.1. The molecule has 0 saturated heterocycles. The molecule has 0 amide bonds. The number of Topliss-reactive ketones (excluding diaryl/α,β-unsaturated/α-hetero) is 1. The summed E-state index contributed by atoms with van der Waals surface area (Å²) in [7, 11) is 1.93. The predicted octanol–water partition coefficient (Wildman–Crippen LogP) is 3.18. The molecule has 2 heteroatoms. The highest BCUT2D eigenvalue weighted by molar-refractivity contribution is 5.98. The molecule has 2 aromatic carbocycles. The molecular weight excluding hydrogens is 246 g/mol. The molecular formula is C18H21NO. The van der Waals surface area contributed by atoms with Crippen molar-refractivity contribution in [2.45, 2.75) is 19.8 Å². The third-order valence-electron chi connectivity index (χ3n) is 3.45. The zero-order valence-corrected chi connectivity index (χ0v) is 12.1. The van der Waals surface area contributed by atoms with E-state index in [1.54, 1.807) is 0 Å². The molecule has 0 saturated carbocycles. The summed E-state index contributed by atoms with van der Waals surface area (Å²) in [5.41, 5.74) is 4.27. The Bertz CT molecular complexity index is 572. The van der Waals surface area contributed by atoms with E-state index in [2.05, 4.69) is 24.4 Å². The number of aryl methyl sites for hydroxylation is 1. The molecule has 0 bridgehead atoms. The van der Waals surface area contributed by atoms with Gasteiger partial charge in [0.15, 0.2) is 5.78 Å². The lowest BCUT2D eigenvalue weighted by Crippen LogP contribution is -2.14. The van der Waals surface area contributed by atoms with Crippen LogP contribution in [-0.2, 0) is 12.8 Å². The van der Waals surface area contributed by atoms with Crippen molar-refractivity contribution in [3.05, 3.63) is 70.8 Å². The standard InChI is InChI=1S/C18H21NO/c1-14-7-9-15(10-8-14)13-18(20)17-6-4-3-5-16(17)11-12-19-2/h3-10,19H,11-13H2,1-2H3. The fraction of sp³-hybridized carbons (Fsp3) is 0.278. The van der Waals surface area contributed by atoms with Gasteiger partial charge in [0.2, 0.25) is 0 Å². The first kappa shape index (κ1) is 14.5. The van der Waals surface area contributed by atoms with Gasteiger partial charge in [0.1, 0.15) is 0 Å². The number of hydrogen-bond acceptors (Lipinski definition) is 2. The van der Waals surface area contributed by atoms with Gasteiger partial charge in [-0.1, -0.05) is 54.1 Å². The van der Waals surface area contributed by atoms with Crippen LogP contribution < -0.4 is 5.32 Å². The second-order valence-corrected chi connectivity index (χ2v) is 5.10. The minimum absolute atomic E-state index is 0.195. The first-order valence-electron chi connectivity index (χ1n) is 7.02. The molecule has 0 aliphatic rings. The number of likely N-dealkylation sites (N-methyl/N-ethyl adjacent to an activating group) is 1. The van der Waals surface area contributed by atoms with Gasteiger partial charge in [0.05, 0.1) is 0 Å². The molecule has 1 N–H and O–H groups in total. The molecule has 0 fully saturated rings. The van der Waals surface area contributed by atoms with Crippen molar-refractivity contribution in [2.75, 3.05) is 13.6 Å². The average molecular weight is 267 g/mol. The summed E-state index contributed by atoms with van der Waals surface area (Å²) in [4.78, 5) is 12.5. The van der Waals surface area contributed by atoms with Crippen molar-refractivity contribution >= 4 is 5.78 Å². The summed E-state index contributed by atoms with van der Waals surface area (Å²) in [6, 6.07) is 16.1. The quantitative estimate of drug-likeness (QED) is 0.814. The van der Waals surface area contributed by atoms with Gasteiger partial charge in [-0.05, 0) is 38.1 Å². The van der Waals surface area contributed by atoms with Crippen LogP contribution in [0.25, 0.3) is 0 Å². The van der Waals surface area contributed by atoms with E-state index < -0.39 is 0 Å². The van der Waals surface area contributed by atoms with Crippen molar-refractivity contribution in [2.24, 2.45) is 0 Å². The number of hydrogen-bond donors (Lipinski definition) is 1. The van der Waals surface area contributed by atoms with Gasteiger partial charge in [0, 0.05) is 12.0 Å². The van der Waals surface area contributed by atoms with Crippen LogP contribution in [0.4, 0.5) is 0 Å². The van der Waals surface area contributed by atoms with Crippen LogP contribution in [0.3, 0.4) is 0 Å². The van der Waals surface area contributed by atoms with Crippen molar-refractivity contribution in [3.63, 3.8) is 0 Å². The van der Waals surface area contributed by atoms with Gasteiger partial charge < -0.3 is 5.32 Å². The molecule has 104 valence electrons. The molecule has 0 unspecified atom stereocenters. The van der Waals surface area contributed by atoms with Crippen molar-refractivity contribution < 1.29 is 4.79 Å². The van der Waals surface area contributed by atoms with Crippen LogP contribution in [0.1, 0.15) is 27.0 Å². The number of ketones is 1. The lowest BCUT2D eigenvalue weighted by Gasteiger charge is -2.08. The van der Waals surface area contributed by atoms with E-state index in [9.17, 15) is 4.79 Å². The lowest BCUT2D eigenvalue weighted by molar-refractivity contribution is 0.0992. The van der Waals surface area contributed by atoms with Gasteiger partial charge >= 0.3 is 0 Å². The Hall–Kier alpha value is -1.93. The maximum atomic E-state index is 12.5. The average Bonchev–Trinajstić information content (AvgIpc) is 2.47. The van der Waals surface area contributed by atoms with E-state index >= 15 is 0 Å². The highest BCUT2D eigenvalue weighted by Gasteiger charge is 2.11. The van der Waals surface area contributed by atoms with Crippen LogP contribution in [0.15, 0.2) is 48.5 Å². The Balaban J connectivity index is 2.14. The van der Waals surface area contributed by atoms with Crippen LogP contribution >= 0.6 is 0 Å². The Morgan fingerprint density at radius 1 is 1.05 bits per heavy atom. The maximum absolute atomic E-state index is 12.5. The van der Waals surface area contributed by atoms with Crippen LogP contribution in [0.2, 0.25) is 0 Å². The summed E-state index contributed by atoms with van der Waals surface area (Å²) in [5, 5.41) is 3.13. The Kier molecular flexibility index (Phi) is 5.08. The smallest absolute Gasteiger partial charge is 0.167 e. The maximum Gasteiger partial charge on any atom is 0.167 e. The topological polar surface area (TPSA) is 29.1 Å². The second kappa shape index (κ2) is 7.01. The zero-order chi connectivity index (χ0) is 14.4. The van der Waals surface area contributed by atoms with E-state index in [4.69, 9.17) is 0 Å². The number of nitrogens with one attached hydrogen (secondary N) is 1. The minimum atomic E-state index is 0.195. The van der Waals surface area contributed by atoms with E-state index in [0.29, 0.717) is 6.42 Å². The molecule has 0 aliphatic carbocycles. The summed E-state index contributed by atoms with van der Waals surface area (Å²) >= 11 is 0. The van der Waals surface area contributed by atoms with Crippen LogP contribution in [-0.4, -0.2) is 19.4 Å². The Morgan fingerprint density at radius 2 is 1.75 bits per heavy atom. The molecule has 0 heterocycles. The van der Waals surface area contributed by atoms with Gasteiger partial charge in [-0.3, -0.25) is 4.79 Å². The summed E-state index contributed by atoms with van der Waals surface area (Å²) in [5.74, 6) is 0.195. The fourth-order valence-electron chi connectivity index (χ4n) is 2.26. The molecule has 2 rings (SSSR count). The van der Waals surface area contributed by atoms with Gasteiger partial charge in [-0.25, -0.2) is 0 Å². The minimum Gasteiger partial charge on any atom is -0.319 e. The van der Waals surface area contributed by atoms with Crippen LogP contribution in [0, 0.1) is 6.92 Å². The summed E-state index contributed by atoms with van der Waals surface area (Å²) < 4.78 is 0. The normalized spacial score (nSPS) is 10.5. The lowest BCUT2D eigenvalue weighted by atomic mass is 9.96. The summed E-state index contributed by atoms with van der Waals surface area (Å²) in [6.07, 6.45) is 1.35. The van der Waals surface area contributed by atoms with E-state index in [-0.39, 0.29) is 5.78 Å². The second-order valence-electron chi connectivity index (χ2n) is 5.10. The monoisotopic (exact) mass is 267 g/mol. The third-order valence-corrected chi connectivity index (χ3v) is 3.45. The molecule has 0 aliphatic heterocycles. The molecule has 2 nitrogen and oxygen atoms in total. The molecule has 0 atom stereocenters. The number of benzene rings is 2. The van der Waals surface area contributed by atoms with Crippen molar-refractivity contribution in [1.29, 1.82) is 0 Å². The molecule has 0 spiro atoms. The Morgan fingerprint density at radius 3 is 2.45 bits per heavy atom. The van der Waals surface area contributed by atoms with E-state index in [1.165, 1.54) is 5.56 Å². The Labute approximate surface area is 120 Å². The molecule has 0 radical (unpaired) electrons. The molecule has 20 heavy (non-hydrogen) atoms. The number of rotatable bonds is 6. The van der Waals surface area contributed by atoms with Gasteiger partial charge in [-0.2, -0.15) is 0 Å². The number of carbonyl (C=O) groups excluding carboxylic acids is 1. The molecule has 2 aromatic rings. The van der Waals surface area contributed by atoms with Gasteiger partial charge in [-0.15, -0.1) is 0 Å². The largest absolute Gasteiger partial charge is 0.319 e. The van der Waals surface area contributed by atoms with Crippen molar-refractivity contribution in [3.8, 4) is 0 Å². The first-order chi connectivity index (χ1) is 9.70. The van der Waals surface area contributed by atoms with E-state index in [0.717, 1.165) is 29.7 Å². The summed E-state index contributed by atoms with van der Waals surface area (Å²) in [6.45, 7) is 2.94. The highest BCUT2D eigenvalue weighted by atomic mass is 16.1. The SMILES string of the molecule is CNCCc1ccccc1C(=O)Cc1ccc(C)cc1. The first-order valence-corrected chi connectivity index (χ1v) is 7.02. The highest BCUT2D eigenvalue weighted by Crippen LogP contribution is 2.14. The third kappa shape index (κ3) is 3.78. The number of carbonyl (C=O) groups is 1. The van der Waals surface area contributed by atoms with Crippen LogP contribution in [0.5, 0.6) is 0 Å². The van der Waals surface area contributed by atoms with Crippen molar-refractivity contribution in [1.82, 2.24) is 5.32 Å². The molecule has 0 aromatic heterocycles. The van der Waals surface area contributed by atoms with Gasteiger partial charge in [0.25, 0.3) is 0 Å². The van der Waals surface area contributed by atoms with E-state index in [1.807, 2.05) is 43.4 Å². The predicted molar refractivity (Wildman–Crippen MR) is 83.3 cm³/mol. The fourth-order valence-corrected chi connectivity index (χ4v) is 2.26.